The average Bonchev–Trinajstić information content (AvgIpc) is 2.58. The second kappa shape index (κ2) is 7.45. The van der Waals surface area contributed by atoms with E-state index in [1.165, 1.54) is 12.8 Å². The van der Waals surface area contributed by atoms with Crippen LogP contribution in [0.15, 0.2) is 36.5 Å². The van der Waals surface area contributed by atoms with Gasteiger partial charge >= 0.3 is 0 Å². The Morgan fingerprint density at radius 2 is 2.08 bits per heavy atom. The molecule has 5 nitrogen and oxygen atoms in total. The van der Waals surface area contributed by atoms with E-state index in [1.807, 2.05) is 25.1 Å². The van der Waals surface area contributed by atoms with Gasteiger partial charge in [0.05, 0.1) is 0 Å². The molecule has 1 amide bonds. The number of primary amides is 1. The Hall–Kier alpha value is -2.40. The van der Waals surface area contributed by atoms with E-state index in [9.17, 15) is 4.79 Å². The normalized spacial score (nSPS) is 15.2. The monoisotopic (exact) mass is 325 g/mol. The van der Waals surface area contributed by atoms with Crippen LogP contribution in [0, 0.1) is 12.8 Å². The number of pyridine rings is 1. The van der Waals surface area contributed by atoms with E-state index in [4.69, 9.17) is 10.5 Å². The molecule has 2 aromatic rings. The summed E-state index contributed by atoms with van der Waals surface area (Å²) >= 11 is 0. The molecule has 0 radical (unpaired) electrons. The molecule has 0 spiro atoms. The maximum Gasteiger partial charge on any atom is 0.248 e. The summed E-state index contributed by atoms with van der Waals surface area (Å²) in [5.74, 6) is 1.60. The van der Waals surface area contributed by atoms with Gasteiger partial charge in [-0.15, -0.1) is 0 Å². The highest BCUT2D eigenvalue weighted by atomic mass is 16.5. The summed E-state index contributed by atoms with van der Waals surface area (Å²) in [4.78, 5) is 15.8. The second-order valence-electron chi connectivity index (χ2n) is 6.33. The van der Waals surface area contributed by atoms with E-state index >= 15 is 0 Å². The van der Waals surface area contributed by atoms with Crippen LogP contribution < -0.4 is 15.8 Å². The van der Waals surface area contributed by atoms with Gasteiger partial charge in [-0.2, -0.15) is 0 Å². The van der Waals surface area contributed by atoms with Gasteiger partial charge in [-0.05, 0) is 69.0 Å². The molecule has 1 aliphatic rings. The molecule has 1 aromatic heterocycles. The van der Waals surface area contributed by atoms with E-state index < -0.39 is 5.91 Å². The molecule has 0 atom stereocenters. The molecule has 0 saturated carbocycles. The Bertz CT molecular complexity index is 724. The fourth-order valence-corrected chi connectivity index (χ4v) is 3.00. The Morgan fingerprint density at radius 3 is 2.83 bits per heavy atom. The average molecular weight is 325 g/mol. The van der Waals surface area contributed by atoms with E-state index in [1.54, 1.807) is 18.3 Å². The van der Waals surface area contributed by atoms with Crippen LogP contribution in [0.25, 0.3) is 0 Å². The standard InChI is InChI=1S/C19H23N3O2/c1-13-2-3-15(19(20)23)11-18(13)24-17-6-9-22-16(12-17)10-14-4-7-21-8-5-14/h2-3,6,9,11-12,14,21H,4-5,7-8,10H2,1H3,(H2,20,23). The van der Waals surface area contributed by atoms with Crippen LogP contribution >= 0.6 is 0 Å². The number of ether oxygens (including phenoxy) is 1. The van der Waals surface area contributed by atoms with Gasteiger partial charge in [0, 0.05) is 23.5 Å². The largest absolute Gasteiger partial charge is 0.457 e. The number of carbonyl (C=O) groups is 1. The first-order valence-electron chi connectivity index (χ1n) is 8.36. The number of hydrogen-bond donors (Lipinski definition) is 2. The Labute approximate surface area is 142 Å². The molecule has 1 saturated heterocycles. The number of piperidine rings is 1. The third-order valence-electron chi connectivity index (χ3n) is 4.45. The fraction of sp³-hybridized carbons (Fsp3) is 0.368. The van der Waals surface area contributed by atoms with Gasteiger partial charge in [-0.1, -0.05) is 6.07 Å². The molecule has 0 unspecified atom stereocenters. The van der Waals surface area contributed by atoms with Crippen molar-refractivity contribution in [1.82, 2.24) is 10.3 Å². The smallest absolute Gasteiger partial charge is 0.248 e. The molecular weight excluding hydrogens is 302 g/mol. The van der Waals surface area contributed by atoms with Gasteiger partial charge in [0.15, 0.2) is 0 Å². The minimum Gasteiger partial charge on any atom is -0.457 e. The second-order valence-corrected chi connectivity index (χ2v) is 6.33. The van der Waals surface area contributed by atoms with Crippen molar-refractivity contribution in [2.24, 2.45) is 11.7 Å². The minimum atomic E-state index is -0.457. The van der Waals surface area contributed by atoms with Gasteiger partial charge < -0.3 is 15.8 Å². The number of aryl methyl sites for hydroxylation is 1. The minimum absolute atomic E-state index is 0.444. The molecule has 1 aromatic carbocycles. The van der Waals surface area contributed by atoms with Crippen molar-refractivity contribution in [3.8, 4) is 11.5 Å². The first-order valence-corrected chi connectivity index (χ1v) is 8.36. The van der Waals surface area contributed by atoms with E-state index in [0.717, 1.165) is 36.5 Å². The third-order valence-corrected chi connectivity index (χ3v) is 4.45. The highest BCUT2D eigenvalue weighted by molar-refractivity contribution is 5.93. The van der Waals surface area contributed by atoms with Crippen LogP contribution in [0.4, 0.5) is 0 Å². The van der Waals surface area contributed by atoms with Crippen molar-refractivity contribution in [2.45, 2.75) is 26.2 Å². The van der Waals surface area contributed by atoms with Gasteiger partial charge in [0.25, 0.3) is 0 Å². The lowest BCUT2D eigenvalue weighted by Crippen LogP contribution is -2.28. The Balaban J connectivity index is 1.74. The van der Waals surface area contributed by atoms with Gasteiger partial charge in [-0.25, -0.2) is 0 Å². The Kier molecular flexibility index (Phi) is 5.11. The van der Waals surface area contributed by atoms with E-state index in [2.05, 4.69) is 10.3 Å². The highest BCUT2D eigenvalue weighted by Gasteiger charge is 2.15. The van der Waals surface area contributed by atoms with Crippen molar-refractivity contribution in [2.75, 3.05) is 13.1 Å². The predicted octanol–water partition coefficient (Wildman–Crippen LogP) is 2.82. The van der Waals surface area contributed by atoms with Crippen molar-refractivity contribution in [3.05, 3.63) is 53.3 Å². The molecule has 0 bridgehead atoms. The number of nitrogens with two attached hydrogens (primary N) is 1. The van der Waals surface area contributed by atoms with Crippen LogP contribution in [0.2, 0.25) is 0 Å². The highest BCUT2D eigenvalue weighted by Crippen LogP contribution is 2.27. The third kappa shape index (κ3) is 4.11. The van der Waals surface area contributed by atoms with E-state index in [0.29, 0.717) is 17.2 Å². The number of nitrogens with zero attached hydrogens (tertiary/aromatic N) is 1. The van der Waals surface area contributed by atoms with Crippen LogP contribution in [0.3, 0.4) is 0 Å². The molecular formula is C19H23N3O2. The van der Waals surface area contributed by atoms with Crippen molar-refractivity contribution in [1.29, 1.82) is 0 Å². The van der Waals surface area contributed by atoms with Crippen LogP contribution in [-0.2, 0) is 6.42 Å². The van der Waals surface area contributed by atoms with Crippen LogP contribution in [-0.4, -0.2) is 24.0 Å². The summed E-state index contributed by atoms with van der Waals surface area (Å²) in [5.41, 5.74) is 7.79. The summed E-state index contributed by atoms with van der Waals surface area (Å²) < 4.78 is 5.97. The van der Waals surface area contributed by atoms with Crippen molar-refractivity contribution in [3.63, 3.8) is 0 Å². The zero-order valence-corrected chi connectivity index (χ0v) is 13.9. The van der Waals surface area contributed by atoms with Crippen LogP contribution in [0.1, 0.15) is 34.5 Å². The molecule has 1 fully saturated rings. The lowest BCUT2D eigenvalue weighted by molar-refractivity contribution is 0.1000. The number of carbonyl (C=O) groups excluding carboxylic acids is 1. The lowest BCUT2D eigenvalue weighted by atomic mass is 9.93. The van der Waals surface area contributed by atoms with Crippen molar-refractivity contribution < 1.29 is 9.53 Å². The first-order chi connectivity index (χ1) is 11.6. The van der Waals surface area contributed by atoms with Crippen LogP contribution in [0.5, 0.6) is 11.5 Å². The molecule has 3 rings (SSSR count). The summed E-state index contributed by atoms with van der Waals surface area (Å²) in [6.45, 7) is 4.11. The van der Waals surface area contributed by atoms with Crippen molar-refractivity contribution >= 4 is 5.91 Å². The summed E-state index contributed by atoms with van der Waals surface area (Å²) in [7, 11) is 0. The van der Waals surface area contributed by atoms with E-state index in [-0.39, 0.29) is 0 Å². The van der Waals surface area contributed by atoms with Gasteiger partial charge in [-0.3, -0.25) is 9.78 Å². The topological polar surface area (TPSA) is 77.2 Å². The molecule has 5 heteroatoms. The number of amides is 1. The Morgan fingerprint density at radius 1 is 1.29 bits per heavy atom. The summed E-state index contributed by atoms with van der Waals surface area (Å²) in [5, 5.41) is 3.38. The predicted molar refractivity (Wildman–Crippen MR) is 93.3 cm³/mol. The lowest BCUT2D eigenvalue weighted by Gasteiger charge is -2.22. The number of rotatable bonds is 5. The zero-order chi connectivity index (χ0) is 16.9. The molecule has 2 heterocycles. The van der Waals surface area contributed by atoms with Gasteiger partial charge in [0.1, 0.15) is 11.5 Å². The number of hydrogen-bond acceptors (Lipinski definition) is 4. The summed E-state index contributed by atoms with van der Waals surface area (Å²) in [6, 6.07) is 9.05. The molecule has 126 valence electrons. The molecule has 3 N–H and O–H groups in total. The molecule has 0 aliphatic carbocycles. The van der Waals surface area contributed by atoms with Gasteiger partial charge in [0.2, 0.25) is 5.91 Å². The maximum absolute atomic E-state index is 11.3. The zero-order valence-electron chi connectivity index (χ0n) is 13.9. The molecule has 24 heavy (non-hydrogen) atoms. The number of benzene rings is 1. The number of nitrogens with one attached hydrogen (secondary N) is 1. The fourth-order valence-electron chi connectivity index (χ4n) is 3.00. The maximum atomic E-state index is 11.3. The quantitative estimate of drug-likeness (QED) is 0.886. The SMILES string of the molecule is Cc1ccc(C(N)=O)cc1Oc1ccnc(CC2CCNCC2)c1. The number of aromatic nitrogens is 1. The summed E-state index contributed by atoms with van der Waals surface area (Å²) in [6.07, 6.45) is 5.12. The molecule has 1 aliphatic heterocycles. The first kappa shape index (κ1) is 16.5.